The van der Waals surface area contributed by atoms with E-state index in [1.165, 1.54) is 6.21 Å². The van der Waals surface area contributed by atoms with Gasteiger partial charge in [-0.15, -0.1) is 16.7 Å². The van der Waals surface area contributed by atoms with Gasteiger partial charge in [0.05, 0.1) is 17.2 Å². The average molecular weight is 410 g/mol. The van der Waals surface area contributed by atoms with Crippen molar-refractivity contribution >= 4 is 46.1 Å². The van der Waals surface area contributed by atoms with Gasteiger partial charge in [-0.05, 0) is 42.2 Å². The zero-order chi connectivity index (χ0) is 20.6. The first-order valence-corrected chi connectivity index (χ1v) is 10.0. The molecule has 3 rings (SSSR count). The number of halogens is 1. The van der Waals surface area contributed by atoms with E-state index < -0.39 is 0 Å². The van der Waals surface area contributed by atoms with Crippen molar-refractivity contribution in [2.75, 3.05) is 17.7 Å². The predicted molar refractivity (Wildman–Crippen MR) is 119 cm³/mol. The first-order chi connectivity index (χ1) is 14.1. The summed E-state index contributed by atoms with van der Waals surface area (Å²) >= 11 is 5.69. The Labute approximate surface area is 175 Å². The molecule has 8 heteroatoms. The number of aromatic nitrogens is 4. The van der Waals surface area contributed by atoms with Crippen molar-refractivity contribution in [1.29, 1.82) is 5.41 Å². The summed E-state index contributed by atoms with van der Waals surface area (Å²) in [5.74, 6) is 2.28. The molecule has 29 heavy (non-hydrogen) atoms. The molecule has 0 amide bonds. The van der Waals surface area contributed by atoms with Crippen LogP contribution in [0.2, 0.25) is 0 Å². The smallest absolute Gasteiger partial charge is 0.154 e. The molecule has 0 aromatic carbocycles. The second-order valence-corrected chi connectivity index (χ2v) is 7.23. The van der Waals surface area contributed by atoms with Gasteiger partial charge in [0.2, 0.25) is 0 Å². The number of hydrogen-bond donors (Lipinski definition) is 3. The summed E-state index contributed by atoms with van der Waals surface area (Å²) in [5.41, 5.74) is 4.16. The van der Waals surface area contributed by atoms with Crippen LogP contribution in [0, 0.1) is 5.41 Å². The fraction of sp³-hybridized carbons (Fsp3) is 0.286. The monoisotopic (exact) mass is 409 g/mol. The fourth-order valence-corrected chi connectivity index (χ4v) is 2.82. The minimum absolute atomic E-state index is 0.367. The van der Waals surface area contributed by atoms with Gasteiger partial charge in [-0.1, -0.05) is 13.8 Å². The maximum Gasteiger partial charge on any atom is 0.154 e. The minimum Gasteiger partial charge on any atom is -0.390 e. The number of hydrogen-bond acceptors (Lipinski definition) is 7. The molecule has 7 nitrogen and oxygen atoms in total. The number of anilines is 2. The largest absolute Gasteiger partial charge is 0.390 e. The summed E-state index contributed by atoms with van der Waals surface area (Å²) in [6.45, 7) is 4.98. The van der Waals surface area contributed by atoms with Gasteiger partial charge in [0.25, 0.3) is 0 Å². The lowest BCUT2D eigenvalue weighted by Gasteiger charge is -2.09. The Kier molecular flexibility index (Phi) is 7.08. The lowest BCUT2D eigenvalue weighted by atomic mass is 10.1. The molecule has 3 N–H and O–H groups in total. The summed E-state index contributed by atoms with van der Waals surface area (Å²) in [6.07, 6.45) is 7.47. The van der Waals surface area contributed by atoms with Gasteiger partial charge < -0.3 is 16.0 Å². The molecule has 150 valence electrons. The van der Waals surface area contributed by atoms with Crippen LogP contribution in [-0.2, 0) is 0 Å². The molecule has 0 unspecified atom stereocenters. The molecule has 0 bridgehead atoms. The van der Waals surface area contributed by atoms with Gasteiger partial charge in [0.1, 0.15) is 5.82 Å². The highest BCUT2D eigenvalue weighted by Crippen LogP contribution is 2.21. The summed E-state index contributed by atoms with van der Waals surface area (Å²) in [5, 5.41) is 22.3. The number of nitrogens with zero attached hydrogens (tertiary/aromatic N) is 4. The van der Waals surface area contributed by atoms with Crippen LogP contribution >= 0.6 is 11.6 Å². The molecule has 0 saturated heterocycles. The molecule has 0 radical (unpaired) electrons. The molecule has 0 aliphatic rings. The Morgan fingerprint density at radius 1 is 1.17 bits per heavy atom. The van der Waals surface area contributed by atoms with Crippen LogP contribution in [0.1, 0.15) is 37.3 Å². The van der Waals surface area contributed by atoms with E-state index in [0.717, 1.165) is 40.7 Å². The van der Waals surface area contributed by atoms with Crippen LogP contribution < -0.4 is 10.6 Å². The third-order valence-corrected chi connectivity index (χ3v) is 4.60. The van der Waals surface area contributed by atoms with E-state index in [1.807, 2.05) is 24.3 Å². The standard InChI is InChI=1S/C21H24ClN7/c1-14(2)15-9-21(29-26-13-15)28-20-5-4-18-19(27-20)8-16(12-25-18)17(10-23)11-24-7-3-6-22/h4-5,8-14,23-24H,3,6-7H2,1-2H3,(H,27,28,29)/b17-11+,23-10?. The Balaban J connectivity index is 1.85. The molecule has 0 aliphatic carbocycles. The zero-order valence-corrected chi connectivity index (χ0v) is 17.2. The number of fused-ring (bicyclic) bond motifs is 1. The van der Waals surface area contributed by atoms with Crippen molar-refractivity contribution in [1.82, 2.24) is 25.5 Å². The first-order valence-electron chi connectivity index (χ1n) is 9.47. The number of pyridine rings is 2. The van der Waals surface area contributed by atoms with Crippen LogP contribution in [0.5, 0.6) is 0 Å². The summed E-state index contributed by atoms with van der Waals surface area (Å²) in [7, 11) is 0. The highest BCUT2D eigenvalue weighted by Gasteiger charge is 2.07. The highest BCUT2D eigenvalue weighted by molar-refractivity contribution is 6.17. The van der Waals surface area contributed by atoms with E-state index in [-0.39, 0.29) is 0 Å². The molecular formula is C21H24ClN7. The van der Waals surface area contributed by atoms with Gasteiger partial charge >= 0.3 is 0 Å². The fourth-order valence-electron chi connectivity index (χ4n) is 2.68. The number of alkyl halides is 1. The van der Waals surface area contributed by atoms with Crippen LogP contribution in [-0.4, -0.2) is 38.8 Å². The molecule has 3 heterocycles. The van der Waals surface area contributed by atoms with E-state index >= 15 is 0 Å². The van der Waals surface area contributed by atoms with Crippen molar-refractivity contribution in [3.63, 3.8) is 0 Å². The summed E-state index contributed by atoms with van der Waals surface area (Å²) < 4.78 is 0. The third kappa shape index (κ3) is 5.48. The quantitative estimate of drug-likeness (QED) is 0.273. The topological polar surface area (TPSA) is 99.5 Å². The molecule has 0 spiro atoms. The Hall–Kier alpha value is -3.06. The van der Waals surface area contributed by atoms with Gasteiger partial charge in [0, 0.05) is 42.2 Å². The molecule has 0 saturated carbocycles. The number of nitrogens with one attached hydrogen (secondary N) is 3. The van der Waals surface area contributed by atoms with Crippen molar-refractivity contribution in [3.8, 4) is 0 Å². The van der Waals surface area contributed by atoms with Gasteiger partial charge in [-0.2, -0.15) is 5.10 Å². The first kappa shape index (κ1) is 20.7. The predicted octanol–water partition coefficient (Wildman–Crippen LogP) is 4.50. The Morgan fingerprint density at radius 3 is 2.79 bits per heavy atom. The van der Waals surface area contributed by atoms with Crippen LogP contribution in [0.15, 0.2) is 42.9 Å². The van der Waals surface area contributed by atoms with Gasteiger partial charge in [-0.25, -0.2) is 4.98 Å². The van der Waals surface area contributed by atoms with E-state index in [0.29, 0.717) is 23.4 Å². The molecule has 3 aromatic rings. The minimum atomic E-state index is 0.367. The highest BCUT2D eigenvalue weighted by atomic mass is 35.5. The van der Waals surface area contributed by atoms with Crippen molar-refractivity contribution in [2.24, 2.45) is 0 Å². The van der Waals surface area contributed by atoms with Gasteiger partial charge in [-0.3, -0.25) is 4.98 Å². The normalized spacial score (nSPS) is 11.7. The second kappa shape index (κ2) is 9.93. The zero-order valence-electron chi connectivity index (χ0n) is 16.5. The van der Waals surface area contributed by atoms with E-state index in [2.05, 4.69) is 44.6 Å². The maximum absolute atomic E-state index is 7.70. The number of rotatable bonds is 9. The SMILES string of the molecule is CC(C)c1cnnc(Nc2ccc3ncc(/C(C=N)=C/NCCCCl)cc3n2)c1. The van der Waals surface area contributed by atoms with Crippen LogP contribution in [0.4, 0.5) is 11.6 Å². The third-order valence-electron chi connectivity index (χ3n) is 4.34. The van der Waals surface area contributed by atoms with Crippen molar-refractivity contribution in [3.05, 3.63) is 54.0 Å². The van der Waals surface area contributed by atoms with Crippen LogP contribution in [0.3, 0.4) is 0 Å². The van der Waals surface area contributed by atoms with Crippen LogP contribution in [0.25, 0.3) is 16.6 Å². The molecule has 0 atom stereocenters. The second-order valence-electron chi connectivity index (χ2n) is 6.85. The molecule has 0 aliphatic heterocycles. The van der Waals surface area contributed by atoms with E-state index in [4.69, 9.17) is 17.0 Å². The maximum atomic E-state index is 7.70. The Bertz CT molecular complexity index is 1020. The van der Waals surface area contributed by atoms with Gasteiger partial charge in [0.15, 0.2) is 5.82 Å². The van der Waals surface area contributed by atoms with Crippen molar-refractivity contribution < 1.29 is 0 Å². The molecular weight excluding hydrogens is 386 g/mol. The molecule has 0 fully saturated rings. The van der Waals surface area contributed by atoms with E-state index in [1.54, 1.807) is 18.6 Å². The van der Waals surface area contributed by atoms with Crippen molar-refractivity contribution in [2.45, 2.75) is 26.2 Å². The number of allylic oxidation sites excluding steroid dienone is 1. The lowest BCUT2D eigenvalue weighted by Crippen LogP contribution is -2.08. The Morgan fingerprint density at radius 2 is 2.03 bits per heavy atom. The average Bonchev–Trinajstić information content (AvgIpc) is 2.73. The van der Waals surface area contributed by atoms with E-state index in [9.17, 15) is 0 Å². The lowest BCUT2D eigenvalue weighted by molar-refractivity contribution is 0.815. The molecule has 3 aromatic heterocycles. The summed E-state index contributed by atoms with van der Waals surface area (Å²) in [6, 6.07) is 7.66. The summed E-state index contributed by atoms with van der Waals surface area (Å²) in [4.78, 5) is 9.12.